The summed E-state index contributed by atoms with van der Waals surface area (Å²) in [5.41, 5.74) is 9.61. The molecule has 3 bridgehead atoms. The van der Waals surface area contributed by atoms with E-state index in [0.29, 0.717) is 33.4 Å². The fourth-order valence-electron chi connectivity index (χ4n) is 14.8. The van der Waals surface area contributed by atoms with Crippen LogP contribution in [0.4, 0.5) is 0 Å². The van der Waals surface area contributed by atoms with E-state index in [1.807, 2.05) is 72.8 Å². The van der Waals surface area contributed by atoms with Gasteiger partial charge in [0.05, 0.1) is 0 Å². The molecule has 9 N–H and O–H groups in total. The third-order valence-electron chi connectivity index (χ3n) is 17.8. The van der Waals surface area contributed by atoms with Gasteiger partial charge in [-0.1, -0.05) is 72.8 Å². The molecule has 0 aromatic heterocycles. The highest BCUT2D eigenvalue weighted by Crippen LogP contribution is 2.89. The van der Waals surface area contributed by atoms with Gasteiger partial charge >= 0.3 is 0 Å². The summed E-state index contributed by atoms with van der Waals surface area (Å²) in [5.74, 6) is 1.17. The van der Waals surface area contributed by atoms with E-state index in [9.17, 15) is 46.0 Å². The fourth-order valence-corrected chi connectivity index (χ4v) is 14.8. The zero-order valence-corrected chi connectivity index (χ0v) is 40.2. The number of hydrogen-bond donors (Lipinski definition) is 9. The predicted octanol–water partition coefficient (Wildman–Crippen LogP) is 14.2. The molecule has 4 aliphatic rings. The number of benzene rings is 9. The second kappa shape index (κ2) is 16.1. The van der Waals surface area contributed by atoms with Gasteiger partial charge in [-0.3, -0.25) is 0 Å². The van der Waals surface area contributed by atoms with E-state index in [2.05, 4.69) is 36.4 Å². The molecule has 4 saturated carbocycles. The van der Waals surface area contributed by atoms with Gasteiger partial charge < -0.3 is 46.0 Å². The Morgan fingerprint density at radius 3 is 0.838 bits per heavy atom. The van der Waals surface area contributed by atoms with Gasteiger partial charge in [0.2, 0.25) is 0 Å². The standard InChI is InChI=1S/C65H52O9/c66-47-13-1-38(2-14-47)53-25-44(26-54(59(53)72)39-3-15-48(67)16-4-39)62-31-37-32-63(45-27-55(40-5-17-49(68)18-6-40)60(73)56(28-45)41-7-19-50(69)20-8-41)36-64(34-62,65(63,33-37)35-62)46-29-57(42-9-21-51(70)22-10-42)61(74)58(30-46)43-11-23-52(71)24-12-43/h1-30,37,66-74H,31-36H2. The molecular weight excluding hydrogens is 925 g/mol. The summed E-state index contributed by atoms with van der Waals surface area (Å²) in [6.07, 6.45) is 4.88. The van der Waals surface area contributed by atoms with Crippen molar-refractivity contribution in [1.29, 1.82) is 0 Å². The van der Waals surface area contributed by atoms with Crippen molar-refractivity contribution < 1.29 is 46.0 Å². The van der Waals surface area contributed by atoms with E-state index in [1.54, 1.807) is 72.8 Å². The summed E-state index contributed by atoms with van der Waals surface area (Å²) in [5, 5.41) is 99.6. The Morgan fingerprint density at radius 1 is 0.270 bits per heavy atom. The summed E-state index contributed by atoms with van der Waals surface area (Å²) in [4.78, 5) is 0. The quantitative estimate of drug-likeness (QED) is 0.0680. The molecule has 366 valence electrons. The van der Waals surface area contributed by atoms with Gasteiger partial charge in [-0.05, 0) is 215 Å². The van der Waals surface area contributed by atoms with Gasteiger partial charge in [-0.2, -0.15) is 0 Å². The molecule has 9 aromatic rings. The van der Waals surface area contributed by atoms with Crippen molar-refractivity contribution in [3.63, 3.8) is 0 Å². The van der Waals surface area contributed by atoms with Crippen molar-refractivity contribution in [3.8, 4) is 119 Å². The zero-order valence-electron chi connectivity index (χ0n) is 40.2. The zero-order chi connectivity index (χ0) is 50.9. The van der Waals surface area contributed by atoms with E-state index >= 15 is 0 Å². The van der Waals surface area contributed by atoms with Crippen molar-refractivity contribution in [2.75, 3.05) is 0 Å². The number of phenolic OH excluding ortho intramolecular Hbond substituents is 9. The third kappa shape index (κ3) is 6.61. The van der Waals surface area contributed by atoms with Crippen LogP contribution < -0.4 is 0 Å². The van der Waals surface area contributed by atoms with Crippen LogP contribution in [0.1, 0.15) is 55.2 Å². The van der Waals surface area contributed by atoms with Crippen LogP contribution >= 0.6 is 0 Å². The highest BCUT2D eigenvalue weighted by molar-refractivity contribution is 5.87. The Morgan fingerprint density at radius 2 is 0.541 bits per heavy atom. The van der Waals surface area contributed by atoms with E-state index in [0.717, 1.165) is 88.6 Å². The molecule has 9 nitrogen and oxygen atoms in total. The van der Waals surface area contributed by atoms with E-state index in [-0.39, 0.29) is 57.7 Å². The number of aromatic hydroxyl groups is 9. The van der Waals surface area contributed by atoms with Gasteiger partial charge in [0.1, 0.15) is 51.7 Å². The molecule has 4 aliphatic carbocycles. The Hall–Kier alpha value is -8.82. The lowest BCUT2D eigenvalue weighted by molar-refractivity contribution is -0.0686. The summed E-state index contributed by atoms with van der Waals surface area (Å²) in [6.45, 7) is 0. The normalized spacial score (nSPS) is 23.1. The second-order valence-electron chi connectivity index (χ2n) is 21.6. The van der Waals surface area contributed by atoms with Crippen molar-refractivity contribution >= 4 is 0 Å². The Balaban J connectivity index is 1.08. The van der Waals surface area contributed by atoms with Crippen LogP contribution in [0.2, 0.25) is 0 Å². The van der Waals surface area contributed by atoms with E-state index in [1.165, 1.54) is 0 Å². The molecule has 0 heterocycles. The van der Waals surface area contributed by atoms with Crippen LogP contribution in [0, 0.1) is 11.3 Å². The summed E-state index contributed by atoms with van der Waals surface area (Å²) < 4.78 is 0. The minimum absolute atomic E-state index is 0.0795. The number of rotatable bonds is 9. The first-order valence-electron chi connectivity index (χ1n) is 25.1. The van der Waals surface area contributed by atoms with Crippen molar-refractivity contribution in [2.24, 2.45) is 11.3 Å². The van der Waals surface area contributed by atoms with Crippen LogP contribution in [0.3, 0.4) is 0 Å². The molecule has 74 heavy (non-hydrogen) atoms. The number of phenols is 9. The molecule has 13 rings (SSSR count). The van der Waals surface area contributed by atoms with E-state index in [4.69, 9.17) is 0 Å². The van der Waals surface area contributed by atoms with E-state index < -0.39 is 21.7 Å². The predicted molar refractivity (Wildman–Crippen MR) is 286 cm³/mol. The second-order valence-corrected chi connectivity index (χ2v) is 21.6. The molecule has 4 fully saturated rings. The van der Waals surface area contributed by atoms with Crippen LogP contribution in [0.15, 0.2) is 182 Å². The SMILES string of the molecule is Oc1ccc(-c2cc(C34CC5CC6(c7cc(-c8ccc(O)cc8)c(O)c(-c8ccc(O)cc8)c7)CC(c7cc(-c8ccc(O)cc8)c(O)c(-c8ccc(O)cc8)c7)(C3)C6(C5)C4)cc(-c3ccc(O)cc3)c2O)cc1. The summed E-state index contributed by atoms with van der Waals surface area (Å²) in [7, 11) is 0. The first-order chi connectivity index (χ1) is 35.7. The van der Waals surface area contributed by atoms with Crippen LogP contribution in [0.25, 0.3) is 66.8 Å². The molecule has 5 atom stereocenters. The lowest BCUT2D eigenvalue weighted by atomic mass is 9.35. The van der Waals surface area contributed by atoms with Crippen molar-refractivity contribution in [2.45, 2.75) is 54.8 Å². The first-order valence-corrected chi connectivity index (χ1v) is 25.1. The number of hydrogen-bond acceptors (Lipinski definition) is 9. The molecule has 9 aromatic carbocycles. The first kappa shape index (κ1) is 45.1. The highest BCUT2D eigenvalue weighted by Gasteiger charge is 2.84. The average Bonchev–Trinajstić information content (AvgIpc) is 3.72. The molecule has 5 unspecified atom stereocenters. The third-order valence-corrected chi connectivity index (χ3v) is 17.8. The van der Waals surface area contributed by atoms with Gasteiger partial charge in [0.15, 0.2) is 0 Å². The molecule has 0 amide bonds. The molecule has 1 spiro atoms. The lowest BCUT2D eigenvalue weighted by Crippen LogP contribution is -2.65. The van der Waals surface area contributed by atoms with Crippen molar-refractivity contribution in [3.05, 3.63) is 199 Å². The fraction of sp³-hybridized carbons (Fsp3) is 0.169. The maximum atomic E-state index is 12.4. The van der Waals surface area contributed by atoms with Crippen LogP contribution in [-0.4, -0.2) is 46.0 Å². The van der Waals surface area contributed by atoms with Crippen molar-refractivity contribution in [1.82, 2.24) is 0 Å². The minimum atomic E-state index is -0.506. The molecule has 9 heteroatoms. The Kier molecular flexibility index (Phi) is 9.80. The Labute approximate surface area is 427 Å². The molecule has 0 aliphatic heterocycles. The van der Waals surface area contributed by atoms with Gasteiger partial charge in [-0.15, -0.1) is 0 Å². The monoisotopic (exact) mass is 976 g/mol. The molecule has 0 saturated heterocycles. The van der Waals surface area contributed by atoms with Gasteiger partial charge in [0.25, 0.3) is 0 Å². The maximum Gasteiger partial charge on any atom is 0.131 e. The average molecular weight is 977 g/mol. The minimum Gasteiger partial charge on any atom is -0.508 e. The largest absolute Gasteiger partial charge is 0.508 e. The van der Waals surface area contributed by atoms with Gasteiger partial charge in [-0.25, -0.2) is 0 Å². The summed E-state index contributed by atoms with van der Waals surface area (Å²) in [6, 6.07) is 54.1. The van der Waals surface area contributed by atoms with Crippen LogP contribution in [-0.2, 0) is 16.2 Å². The molecular formula is C65H52O9. The smallest absolute Gasteiger partial charge is 0.131 e. The summed E-state index contributed by atoms with van der Waals surface area (Å²) >= 11 is 0. The topological polar surface area (TPSA) is 182 Å². The lowest BCUT2D eigenvalue weighted by Gasteiger charge is -2.67. The maximum absolute atomic E-state index is 12.4. The van der Waals surface area contributed by atoms with Crippen LogP contribution in [0.5, 0.6) is 51.7 Å². The Bertz CT molecular complexity index is 3500. The molecule has 0 radical (unpaired) electrons. The number of fused-ring (bicyclic) bond motifs is 2. The van der Waals surface area contributed by atoms with Gasteiger partial charge in [0, 0.05) is 44.2 Å². The highest BCUT2D eigenvalue weighted by atomic mass is 16.3.